The van der Waals surface area contributed by atoms with Gasteiger partial charge in [-0.05, 0) is 55.0 Å². The van der Waals surface area contributed by atoms with Gasteiger partial charge in [0.05, 0.1) is 0 Å². The smallest absolute Gasteiger partial charge is 0.222 e. The number of aromatic nitrogens is 1. The van der Waals surface area contributed by atoms with Crippen LogP contribution in [0.25, 0.3) is 22.2 Å². The lowest BCUT2D eigenvalue weighted by molar-refractivity contribution is -0.130. The molecule has 2 amide bonds. The number of H-pyrrole nitrogens is 1. The number of hydrogen-bond donors (Lipinski definition) is 2. The Morgan fingerprint density at radius 3 is 2.78 bits per heavy atom. The summed E-state index contributed by atoms with van der Waals surface area (Å²) in [7, 11) is 0. The minimum atomic E-state index is -0.287. The van der Waals surface area contributed by atoms with E-state index in [-0.39, 0.29) is 17.6 Å². The van der Waals surface area contributed by atoms with Crippen molar-refractivity contribution in [2.75, 3.05) is 19.6 Å². The molecule has 1 fully saturated rings. The van der Waals surface area contributed by atoms with E-state index in [0.717, 1.165) is 60.0 Å². The summed E-state index contributed by atoms with van der Waals surface area (Å²) < 4.78 is 13.9. The van der Waals surface area contributed by atoms with Crippen molar-refractivity contribution in [1.82, 2.24) is 15.2 Å². The number of likely N-dealkylation sites (tertiary alicyclic amines) is 1. The average molecular weight is 436 g/mol. The van der Waals surface area contributed by atoms with Crippen LogP contribution in [0.5, 0.6) is 0 Å². The number of fused-ring (bicyclic) bond motifs is 1. The Balaban J connectivity index is 1.35. The van der Waals surface area contributed by atoms with Crippen LogP contribution in [-0.4, -0.2) is 41.3 Å². The molecular weight excluding hydrogens is 405 g/mol. The minimum Gasteiger partial charge on any atom is -0.356 e. The van der Waals surface area contributed by atoms with Gasteiger partial charge in [-0.15, -0.1) is 0 Å². The van der Waals surface area contributed by atoms with E-state index in [1.54, 1.807) is 6.07 Å². The third kappa shape index (κ3) is 5.36. The standard InChI is InChI=1S/C26H30FN3O2/c27-20-11-13-23-22(18-20)21(26(29-23)19-8-3-1-4-9-19)12-14-24(31)28-15-7-17-30-16-6-2-5-10-25(30)32/h1,3-4,8-9,11,13,18,29H,2,5-7,10,12,14-17H2,(H,28,31). The zero-order valence-electron chi connectivity index (χ0n) is 18.3. The Labute approximate surface area is 188 Å². The highest BCUT2D eigenvalue weighted by Gasteiger charge is 2.17. The Kier molecular flexibility index (Phi) is 7.20. The average Bonchev–Trinajstić information content (AvgIpc) is 3.03. The topological polar surface area (TPSA) is 65.2 Å². The number of nitrogens with one attached hydrogen (secondary N) is 2. The van der Waals surface area contributed by atoms with Gasteiger partial charge in [0, 0.05) is 49.1 Å². The molecule has 4 rings (SSSR count). The number of rotatable bonds is 8. The quantitative estimate of drug-likeness (QED) is 0.499. The molecule has 0 radical (unpaired) electrons. The molecule has 0 spiro atoms. The van der Waals surface area contributed by atoms with Crippen molar-refractivity contribution in [3.63, 3.8) is 0 Å². The predicted octanol–water partition coefficient (Wildman–Crippen LogP) is 4.82. The second-order valence-electron chi connectivity index (χ2n) is 8.43. The van der Waals surface area contributed by atoms with E-state index >= 15 is 0 Å². The Morgan fingerprint density at radius 1 is 1.09 bits per heavy atom. The van der Waals surface area contributed by atoms with Gasteiger partial charge in [-0.2, -0.15) is 0 Å². The van der Waals surface area contributed by atoms with E-state index in [4.69, 9.17) is 0 Å². The van der Waals surface area contributed by atoms with Crippen LogP contribution in [0.3, 0.4) is 0 Å². The molecule has 0 aliphatic carbocycles. The summed E-state index contributed by atoms with van der Waals surface area (Å²) in [6.45, 7) is 2.07. The summed E-state index contributed by atoms with van der Waals surface area (Å²) in [5.74, 6) is -0.0873. The summed E-state index contributed by atoms with van der Waals surface area (Å²) in [6, 6.07) is 14.6. The van der Waals surface area contributed by atoms with E-state index in [9.17, 15) is 14.0 Å². The lowest BCUT2D eigenvalue weighted by Gasteiger charge is -2.20. The van der Waals surface area contributed by atoms with Crippen LogP contribution in [0.15, 0.2) is 48.5 Å². The number of nitrogens with zero attached hydrogens (tertiary/aromatic N) is 1. The van der Waals surface area contributed by atoms with Crippen LogP contribution >= 0.6 is 0 Å². The number of halogens is 1. The molecule has 1 aliphatic rings. The Bertz CT molecular complexity index is 1080. The number of hydrogen-bond acceptors (Lipinski definition) is 2. The van der Waals surface area contributed by atoms with Crippen LogP contribution in [0.4, 0.5) is 4.39 Å². The second-order valence-corrected chi connectivity index (χ2v) is 8.43. The Hall–Kier alpha value is -3.15. The predicted molar refractivity (Wildman–Crippen MR) is 125 cm³/mol. The fraction of sp³-hybridized carbons (Fsp3) is 0.385. The van der Waals surface area contributed by atoms with E-state index in [0.29, 0.717) is 32.4 Å². The maximum Gasteiger partial charge on any atom is 0.222 e. The lowest BCUT2D eigenvalue weighted by Crippen LogP contribution is -2.34. The van der Waals surface area contributed by atoms with Crippen LogP contribution < -0.4 is 5.32 Å². The van der Waals surface area contributed by atoms with Crippen molar-refractivity contribution in [3.05, 3.63) is 59.9 Å². The zero-order valence-corrected chi connectivity index (χ0v) is 18.3. The SMILES string of the molecule is O=C(CCc1c(-c2ccccc2)[nH]c2ccc(F)cc12)NCCCN1CCCCCC1=O. The summed E-state index contributed by atoms with van der Waals surface area (Å²) >= 11 is 0. The van der Waals surface area contributed by atoms with Gasteiger partial charge in [0.15, 0.2) is 0 Å². The lowest BCUT2D eigenvalue weighted by atomic mass is 10.0. The number of carbonyl (C=O) groups excluding carboxylic acids is 2. The summed E-state index contributed by atoms with van der Waals surface area (Å²) in [4.78, 5) is 29.9. The van der Waals surface area contributed by atoms with Crippen molar-refractivity contribution < 1.29 is 14.0 Å². The molecule has 6 heteroatoms. The van der Waals surface area contributed by atoms with Gasteiger partial charge in [0.25, 0.3) is 0 Å². The molecule has 5 nitrogen and oxygen atoms in total. The van der Waals surface area contributed by atoms with Gasteiger partial charge >= 0.3 is 0 Å². The third-order valence-corrected chi connectivity index (χ3v) is 6.13. The number of aromatic amines is 1. The molecule has 1 aliphatic heterocycles. The highest BCUT2D eigenvalue weighted by molar-refractivity contribution is 5.91. The minimum absolute atomic E-state index is 0.0306. The van der Waals surface area contributed by atoms with Gasteiger partial charge in [-0.25, -0.2) is 4.39 Å². The highest BCUT2D eigenvalue weighted by Crippen LogP contribution is 2.31. The largest absolute Gasteiger partial charge is 0.356 e. The molecule has 0 atom stereocenters. The summed E-state index contributed by atoms with van der Waals surface area (Å²) in [6.07, 6.45) is 5.39. The number of benzene rings is 2. The summed E-state index contributed by atoms with van der Waals surface area (Å²) in [5.41, 5.74) is 3.76. The first-order valence-electron chi connectivity index (χ1n) is 11.5. The monoisotopic (exact) mass is 435 g/mol. The molecule has 2 heterocycles. The molecule has 0 unspecified atom stereocenters. The number of carbonyl (C=O) groups is 2. The third-order valence-electron chi connectivity index (χ3n) is 6.13. The molecular formula is C26H30FN3O2. The molecule has 1 saturated heterocycles. The van der Waals surface area contributed by atoms with E-state index in [2.05, 4.69) is 10.3 Å². The van der Waals surface area contributed by atoms with Crippen LogP contribution in [-0.2, 0) is 16.0 Å². The fourth-order valence-corrected chi connectivity index (χ4v) is 4.43. The number of aryl methyl sites for hydroxylation is 1. The number of amides is 2. The van der Waals surface area contributed by atoms with Crippen molar-refractivity contribution in [3.8, 4) is 11.3 Å². The maximum absolute atomic E-state index is 13.9. The van der Waals surface area contributed by atoms with Crippen LogP contribution in [0.1, 0.15) is 44.1 Å². The first-order chi connectivity index (χ1) is 15.6. The van der Waals surface area contributed by atoms with Gasteiger partial charge < -0.3 is 15.2 Å². The van der Waals surface area contributed by atoms with Gasteiger partial charge in [-0.3, -0.25) is 9.59 Å². The van der Waals surface area contributed by atoms with E-state index in [1.165, 1.54) is 12.1 Å². The van der Waals surface area contributed by atoms with Crippen LogP contribution in [0, 0.1) is 5.82 Å². The molecule has 1 aromatic heterocycles. The van der Waals surface area contributed by atoms with Crippen molar-refractivity contribution >= 4 is 22.7 Å². The van der Waals surface area contributed by atoms with Crippen molar-refractivity contribution in [2.24, 2.45) is 0 Å². The maximum atomic E-state index is 13.9. The molecule has 3 aromatic rings. The summed E-state index contributed by atoms with van der Waals surface area (Å²) in [5, 5.41) is 3.79. The first-order valence-corrected chi connectivity index (χ1v) is 11.5. The van der Waals surface area contributed by atoms with E-state index in [1.807, 2.05) is 35.2 Å². The zero-order chi connectivity index (χ0) is 22.3. The second kappa shape index (κ2) is 10.4. The molecule has 2 aromatic carbocycles. The Morgan fingerprint density at radius 2 is 1.94 bits per heavy atom. The molecule has 0 bridgehead atoms. The highest BCUT2D eigenvalue weighted by atomic mass is 19.1. The van der Waals surface area contributed by atoms with E-state index < -0.39 is 0 Å². The van der Waals surface area contributed by atoms with Gasteiger partial charge in [0.1, 0.15) is 5.82 Å². The molecule has 168 valence electrons. The van der Waals surface area contributed by atoms with Crippen LogP contribution in [0.2, 0.25) is 0 Å². The van der Waals surface area contributed by atoms with Crippen molar-refractivity contribution in [1.29, 1.82) is 0 Å². The first kappa shape index (κ1) is 22.1. The molecule has 0 saturated carbocycles. The molecule has 32 heavy (non-hydrogen) atoms. The van der Waals surface area contributed by atoms with Gasteiger partial charge in [-0.1, -0.05) is 36.8 Å². The normalized spacial score (nSPS) is 14.5. The van der Waals surface area contributed by atoms with Crippen molar-refractivity contribution in [2.45, 2.75) is 44.9 Å². The fourth-order valence-electron chi connectivity index (χ4n) is 4.43. The van der Waals surface area contributed by atoms with Gasteiger partial charge in [0.2, 0.25) is 11.8 Å². The molecule has 2 N–H and O–H groups in total.